The molecule has 5 atom stereocenters. The van der Waals surface area contributed by atoms with Gasteiger partial charge in [0.2, 0.25) is 11.6 Å². The molecule has 0 aliphatic heterocycles. The van der Waals surface area contributed by atoms with Crippen LogP contribution in [0.15, 0.2) is 0 Å². The van der Waals surface area contributed by atoms with E-state index in [1.54, 1.807) is 0 Å². The summed E-state index contributed by atoms with van der Waals surface area (Å²) in [6.07, 6.45) is 3.09. The quantitative estimate of drug-likeness (QED) is 0.243. The fraction of sp³-hybridized carbons (Fsp3) is 0.923. The molecule has 5 nitrogen and oxygen atoms in total. The molecule has 2 aliphatic rings. The second-order valence-corrected chi connectivity index (χ2v) is 17.5. The lowest BCUT2D eigenvalue weighted by Crippen LogP contribution is -2.68. The number of ketones is 2. The van der Waals surface area contributed by atoms with Gasteiger partial charge in [0.1, 0.15) is 5.60 Å². The first kappa shape index (κ1) is 27.7. The maximum absolute atomic E-state index is 13.6. The van der Waals surface area contributed by atoms with Gasteiger partial charge < -0.3 is 13.9 Å². The molecule has 0 aromatic carbocycles. The van der Waals surface area contributed by atoms with Crippen LogP contribution in [0, 0.1) is 22.7 Å². The Balaban J connectivity index is 2.45. The molecule has 6 heteroatoms. The lowest BCUT2D eigenvalue weighted by molar-refractivity contribution is -0.241. The number of fused-ring (bicyclic) bond motifs is 1. The van der Waals surface area contributed by atoms with Crippen LogP contribution in [-0.2, 0) is 23.5 Å². The number of hydrogen-bond donors (Lipinski definition) is 0. The van der Waals surface area contributed by atoms with Crippen LogP contribution >= 0.6 is 0 Å². The van der Waals surface area contributed by atoms with Crippen LogP contribution in [-0.4, -0.2) is 45.0 Å². The van der Waals surface area contributed by atoms with Crippen molar-refractivity contribution in [1.82, 2.24) is 0 Å². The molecule has 0 heterocycles. The lowest BCUT2D eigenvalue weighted by Gasteiger charge is -2.60. The van der Waals surface area contributed by atoms with Gasteiger partial charge in [0.15, 0.2) is 14.6 Å². The van der Waals surface area contributed by atoms with E-state index in [1.807, 2.05) is 20.8 Å². The van der Waals surface area contributed by atoms with Crippen molar-refractivity contribution >= 4 is 19.9 Å². The number of hydrogen-bond acceptors (Lipinski definition) is 5. The standard InChI is InChI=1S/C26H48O5Si/c1-12-29-18(2)31-26(9)19(14-17-30-32(10,11)23(3,4)5)25(8)16-13-15-24(6,7)21(25)20(27)22(26)28/h18-19,21H,12-17H2,1-11H3/t18?,19-,21+,25-,26+/m1/s1. The first-order chi connectivity index (χ1) is 14.4. The van der Waals surface area contributed by atoms with Crippen molar-refractivity contribution in [2.75, 3.05) is 13.2 Å². The van der Waals surface area contributed by atoms with Crippen LogP contribution in [0.5, 0.6) is 0 Å². The summed E-state index contributed by atoms with van der Waals surface area (Å²) in [5, 5.41) is 0.119. The van der Waals surface area contributed by atoms with E-state index in [0.717, 1.165) is 19.3 Å². The molecule has 0 radical (unpaired) electrons. The minimum Gasteiger partial charge on any atom is -0.417 e. The Hall–Kier alpha value is -0.563. The van der Waals surface area contributed by atoms with E-state index in [1.165, 1.54) is 0 Å². The van der Waals surface area contributed by atoms with E-state index >= 15 is 0 Å². The van der Waals surface area contributed by atoms with Gasteiger partial charge in [-0.15, -0.1) is 0 Å². The van der Waals surface area contributed by atoms with Crippen molar-refractivity contribution in [3.05, 3.63) is 0 Å². The Morgan fingerprint density at radius 3 is 2.22 bits per heavy atom. The summed E-state index contributed by atoms with van der Waals surface area (Å²) in [6, 6.07) is 0. The molecule has 0 aromatic rings. The number of ether oxygens (including phenoxy) is 2. The molecule has 2 saturated carbocycles. The summed E-state index contributed by atoms with van der Waals surface area (Å²) in [4.78, 5) is 27.2. The Morgan fingerprint density at radius 1 is 1.09 bits per heavy atom. The number of rotatable bonds is 8. The second-order valence-electron chi connectivity index (χ2n) is 12.7. The molecule has 2 aliphatic carbocycles. The molecule has 0 bridgehead atoms. The Kier molecular flexibility index (Phi) is 7.99. The molecular formula is C26H48O5Si. The zero-order valence-corrected chi connectivity index (χ0v) is 23.5. The van der Waals surface area contributed by atoms with Gasteiger partial charge in [0.25, 0.3) is 0 Å². The van der Waals surface area contributed by atoms with Crippen LogP contribution in [0.4, 0.5) is 0 Å². The summed E-state index contributed by atoms with van der Waals surface area (Å²) in [6.45, 7) is 24.3. The summed E-state index contributed by atoms with van der Waals surface area (Å²) in [5.74, 6) is -1.05. The van der Waals surface area contributed by atoms with Crippen LogP contribution < -0.4 is 0 Å². The van der Waals surface area contributed by atoms with Crippen LogP contribution in [0.25, 0.3) is 0 Å². The first-order valence-electron chi connectivity index (χ1n) is 12.5. The third-order valence-corrected chi connectivity index (χ3v) is 13.4. The van der Waals surface area contributed by atoms with Crippen LogP contribution in [0.3, 0.4) is 0 Å². The molecule has 2 fully saturated rings. The molecule has 0 N–H and O–H groups in total. The third kappa shape index (κ3) is 4.94. The SMILES string of the molecule is CCOC(C)O[C@]1(C)C(=O)C(=O)[C@H]2C(C)(C)CCC[C@]2(C)[C@H]1CCO[Si](C)(C)C(C)(C)C. The van der Waals surface area contributed by atoms with Gasteiger partial charge in [-0.25, -0.2) is 0 Å². The number of carbonyl (C=O) groups is 2. The fourth-order valence-electron chi connectivity index (χ4n) is 6.30. The maximum atomic E-state index is 13.6. The van der Waals surface area contributed by atoms with Gasteiger partial charge in [0.05, 0.1) is 0 Å². The van der Waals surface area contributed by atoms with Gasteiger partial charge in [-0.3, -0.25) is 9.59 Å². The van der Waals surface area contributed by atoms with Crippen molar-refractivity contribution in [2.24, 2.45) is 22.7 Å². The van der Waals surface area contributed by atoms with Gasteiger partial charge in [0, 0.05) is 25.0 Å². The Labute approximate surface area is 197 Å². The van der Waals surface area contributed by atoms with E-state index in [4.69, 9.17) is 13.9 Å². The van der Waals surface area contributed by atoms with Crippen LogP contribution in [0.1, 0.15) is 88.0 Å². The second kappa shape index (κ2) is 9.24. The average molecular weight is 469 g/mol. The van der Waals surface area contributed by atoms with Gasteiger partial charge in [-0.1, -0.05) is 48.0 Å². The Morgan fingerprint density at radius 2 is 1.69 bits per heavy atom. The summed E-state index contributed by atoms with van der Waals surface area (Å²) in [7, 11) is -1.92. The highest BCUT2D eigenvalue weighted by Gasteiger charge is 2.66. The van der Waals surface area contributed by atoms with Gasteiger partial charge in [-0.2, -0.15) is 0 Å². The molecule has 186 valence electrons. The average Bonchev–Trinajstić information content (AvgIpc) is 2.61. The molecule has 2 rings (SSSR count). The summed E-state index contributed by atoms with van der Waals surface area (Å²) in [5.41, 5.74) is -1.73. The fourth-order valence-corrected chi connectivity index (χ4v) is 7.36. The first-order valence-corrected chi connectivity index (χ1v) is 15.4. The van der Waals surface area contributed by atoms with Crippen molar-refractivity contribution in [3.8, 4) is 0 Å². The molecule has 1 unspecified atom stereocenters. The number of carbonyl (C=O) groups excluding carboxylic acids is 2. The summed E-state index contributed by atoms with van der Waals surface area (Å²) < 4.78 is 18.5. The predicted octanol–water partition coefficient (Wildman–Crippen LogP) is 6.16. The summed E-state index contributed by atoms with van der Waals surface area (Å²) >= 11 is 0. The van der Waals surface area contributed by atoms with E-state index in [0.29, 0.717) is 19.6 Å². The predicted molar refractivity (Wildman–Crippen MR) is 131 cm³/mol. The zero-order chi connectivity index (χ0) is 24.8. The van der Waals surface area contributed by atoms with Crippen molar-refractivity contribution < 1.29 is 23.5 Å². The minimum atomic E-state index is -1.92. The Bertz CT molecular complexity index is 709. The molecular weight excluding hydrogens is 420 g/mol. The topological polar surface area (TPSA) is 61.8 Å². The zero-order valence-electron chi connectivity index (χ0n) is 22.5. The molecule has 0 saturated heterocycles. The maximum Gasteiger partial charge on any atom is 0.230 e. The molecule has 0 aromatic heterocycles. The highest BCUT2D eigenvalue weighted by Crippen LogP contribution is 2.61. The van der Waals surface area contributed by atoms with Crippen molar-refractivity contribution in [1.29, 1.82) is 0 Å². The van der Waals surface area contributed by atoms with Crippen molar-refractivity contribution in [3.63, 3.8) is 0 Å². The normalized spacial score (nSPS) is 34.3. The van der Waals surface area contributed by atoms with E-state index < -0.39 is 20.2 Å². The third-order valence-electron chi connectivity index (χ3n) is 8.86. The van der Waals surface area contributed by atoms with E-state index in [9.17, 15) is 9.59 Å². The largest absolute Gasteiger partial charge is 0.417 e. The van der Waals surface area contributed by atoms with E-state index in [2.05, 4.69) is 54.6 Å². The molecule has 32 heavy (non-hydrogen) atoms. The molecule has 0 spiro atoms. The highest BCUT2D eigenvalue weighted by atomic mass is 28.4. The lowest BCUT2D eigenvalue weighted by atomic mass is 9.44. The van der Waals surface area contributed by atoms with Crippen LogP contribution in [0.2, 0.25) is 18.1 Å². The smallest absolute Gasteiger partial charge is 0.230 e. The van der Waals surface area contributed by atoms with Gasteiger partial charge in [-0.05, 0) is 69.0 Å². The minimum absolute atomic E-state index is 0.113. The monoisotopic (exact) mass is 468 g/mol. The van der Waals surface area contributed by atoms with E-state index in [-0.39, 0.29) is 39.3 Å². The highest BCUT2D eigenvalue weighted by molar-refractivity contribution is 6.74. The van der Waals surface area contributed by atoms with Gasteiger partial charge >= 0.3 is 0 Å². The number of Topliss-reactive ketones (excluding diaryl/α,β-unsaturated/α-hetero) is 2. The molecule has 0 amide bonds. The van der Waals surface area contributed by atoms with Crippen molar-refractivity contribution in [2.45, 2.75) is 118 Å².